The van der Waals surface area contributed by atoms with Crippen LogP contribution in [0.5, 0.6) is 11.6 Å². The maximum absolute atomic E-state index is 13.3. The number of hydrazone groups is 2. The van der Waals surface area contributed by atoms with Crippen LogP contribution in [0, 0.1) is 11.3 Å². The van der Waals surface area contributed by atoms with Crippen molar-refractivity contribution in [3.05, 3.63) is 59.3 Å². The van der Waals surface area contributed by atoms with Gasteiger partial charge in [0.15, 0.2) is 0 Å². The second kappa shape index (κ2) is 10.5. The fourth-order valence-electron chi connectivity index (χ4n) is 5.01. The van der Waals surface area contributed by atoms with Gasteiger partial charge in [0.1, 0.15) is 5.75 Å². The van der Waals surface area contributed by atoms with Gasteiger partial charge in [-0.1, -0.05) is 13.8 Å². The van der Waals surface area contributed by atoms with Gasteiger partial charge in [-0.3, -0.25) is 9.59 Å². The third kappa shape index (κ3) is 4.98. The van der Waals surface area contributed by atoms with E-state index in [9.17, 15) is 9.59 Å². The van der Waals surface area contributed by atoms with Gasteiger partial charge in [0, 0.05) is 36.9 Å². The summed E-state index contributed by atoms with van der Waals surface area (Å²) in [7, 11) is 1.62. The number of methoxy groups -OCH3 is 1. The monoisotopic (exact) mass is 530 g/mol. The number of hydrogen-bond acceptors (Lipinski definition) is 7. The standard InChI is InChI=1S/C29H34N6O4/c1-6-20-17-23-22(12-13-25(38-5)35(23)32-20)27-29(3,4)28(37)34(33-27)14-7-15-39-21-10-8-19(9-11-21)26-18(2)16-24(36)30-31-26/h8-13,17-18H,6-7,14-16H2,1-5H3,(H,30,36). The van der Waals surface area contributed by atoms with E-state index in [0.29, 0.717) is 31.9 Å². The van der Waals surface area contributed by atoms with Crippen LogP contribution < -0.4 is 14.9 Å². The van der Waals surface area contributed by atoms with E-state index in [-0.39, 0.29) is 17.7 Å². The molecule has 1 N–H and O–H groups in total. The van der Waals surface area contributed by atoms with Crippen LogP contribution in [-0.4, -0.2) is 58.1 Å². The largest absolute Gasteiger partial charge is 0.494 e. The van der Waals surface area contributed by atoms with Crippen LogP contribution in [0.25, 0.3) is 5.52 Å². The van der Waals surface area contributed by atoms with Crippen LogP contribution in [-0.2, 0) is 16.0 Å². The lowest BCUT2D eigenvalue weighted by Gasteiger charge is -2.20. The molecule has 3 aromatic rings. The van der Waals surface area contributed by atoms with Crippen molar-refractivity contribution in [1.29, 1.82) is 0 Å². The van der Waals surface area contributed by atoms with Crippen molar-refractivity contribution in [3.8, 4) is 11.6 Å². The number of aromatic nitrogens is 2. The van der Waals surface area contributed by atoms with Gasteiger partial charge in [-0.25, -0.2) is 15.0 Å². The Labute approximate surface area is 227 Å². The fraction of sp³-hybridized carbons (Fsp3) is 0.414. The molecule has 2 aromatic heterocycles. The molecule has 10 heteroatoms. The Balaban J connectivity index is 1.25. The third-order valence-corrected chi connectivity index (χ3v) is 7.24. The average Bonchev–Trinajstić information content (AvgIpc) is 3.46. The first-order valence-corrected chi connectivity index (χ1v) is 13.3. The smallest absolute Gasteiger partial charge is 0.254 e. The van der Waals surface area contributed by atoms with Crippen molar-refractivity contribution < 1.29 is 19.1 Å². The minimum atomic E-state index is -0.777. The van der Waals surface area contributed by atoms with E-state index in [2.05, 4.69) is 22.5 Å². The Bertz CT molecular complexity index is 1470. The number of amides is 2. The summed E-state index contributed by atoms with van der Waals surface area (Å²) in [5.41, 5.74) is 7.00. The molecule has 0 saturated heterocycles. The van der Waals surface area contributed by atoms with E-state index in [1.54, 1.807) is 16.6 Å². The first-order valence-electron chi connectivity index (χ1n) is 13.3. The Hall–Kier alpha value is -4.21. The van der Waals surface area contributed by atoms with Crippen molar-refractivity contribution in [2.24, 2.45) is 21.5 Å². The number of hydrogen-bond donors (Lipinski definition) is 1. The highest BCUT2D eigenvalue weighted by Crippen LogP contribution is 2.35. The molecule has 0 fully saturated rings. The second-order valence-electron chi connectivity index (χ2n) is 10.4. The zero-order valence-corrected chi connectivity index (χ0v) is 23.0. The third-order valence-electron chi connectivity index (χ3n) is 7.24. The van der Waals surface area contributed by atoms with Gasteiger partial charge < -0.3 is 9.47 Å². The molecule has 10 nitrogen and oxygen atoms in total. The highest BCUT2D eigenvalue weighted by atomic mass is 16.5. The molecule has 0 radical (unpaired) electrons. The van der Waals surface area contributed by atoms with Crippen LogP contribution in [0.2, 0.25) is 0 Å². The lowest BCUT2D eigenvalue weighted by molar-refractivity contribution is -0.135. The summed E-state index contributed by atoms with van der Waals surface area (Å²) in [5.74, 6) is 1.33. The molecule has 0 spiro atoms. The first-order chi connectivity index (χ1) is 18.7. The Kier molecular flexibility index (Phi) is 7.12. The van der Waals surface area contributed by atoms with Crippen LogP contribution in [0.15, 0.2) is 52.7 Å². The van der Waals surface area contributed by atoms with E-state index < -0.39 is 5.41 Å². The van der Waals surface area contributed by atoms with Crippen LogP contribution in [0.4, 0.5) is 0 Å². The SMILES string of the molecule is CCc1cc2c(C3=NN(CCCOc4ccc(C5=NNC(=O)CC5C)cc4)C(=O)C3(C)C)ccc(OC)n2n1. The molecule has 0 aliphatic carbocycles. The van der Waals surface area contributed by atoms with Crippen molar-refractivity contribution >= 4 is 28.8 Å². The summed E-state index contributed by atoms with van der Waals surface area (Å²) in [4.78, 5) is 24.8. The van der Waals surface area contributed by atoms with Crippen LogP contribution in [0.3, 0.4) is 0 Å². The predicted molar refractivity (Wildman–Crippen MR) is 148 cm³/mol. The minimum absolute atomic E-state index is 0.0412. The van der Waals surface area contributed by atoms with Gasteiger partial charge in [0.2, 0.25) is 11.8 Å². The number of fused-ring (bicyclic) bond motifs is 1. The van der Waals surface area contributed by atoms with E-state index >= 15 is 0 Å². The van der Waals surface area contributed by atoms with E-state index in [1.165, 1.54) is 0 Å². The molecule has 39 heavy (non-hydrogen) atoms. The molecule has 4 heterocycles. The number of aryl methyl sites for hydroxylation is 1. The van der Waals surface area contributed by atoms with Gasteiger partial charge in [0.25, 0.3) is 5.91 Å². The highest BCUT2D eigenvalue weighted by Gasteiger charge is 2.44. The minimum Gasteiger partial charge on any atom is -0.494 e. The number of ether oxygens (including phenoxy) is 2. The first kappa shape index (κ1) is 26.4. The summed E-state index contributed by atoms with van der Waals surface area (Å²) in [6.07, 6.45) is 1.85. The van der Waals surface area contributed by atoms with E-state index in [0.717, 1.165) is 45.9 Å². The molecular formula is C29H34N6O4. The van der Waals surface area contributed by atoms with E-state index in [4.69, 9.17) is 14.6 Å². The van der Waals surface area contributed by atoms with Gasteiger partial charge in [-0.15, -0.1) is 0 Å². The van der Waals surface area contributed by atoms with Crippen molar-refractivity contribution in [1.82, 2.24) is 20.0 Å². The zero-order chi connectivity index (χ0) is 27.7. The van der Waals surface area contributed by atoms with Gasteiger partial charge in [-0.05, 0) is 62.2 Å². The summed E-state index contributed by atoms with van der Waals surface area (Å²) in [6.45, 7) is 8.76. The second-order valence-corrected chi connectivity index (χ2v) is 10.4. The molecule has 1 unspecified atom stereocenters. The quantitative estimate of drug-likeness (QED) is 0.423. The summed E-state index contributed by atoms with van der Waals surface area (Å²) in [5, 5.41) is 15.2. The normalized spacial score (nSPS) is 18.7. The Morgan fingerprint density at radius 2 is 1.90 bits per heavy atom. The topological polar surface area (TPSA) is 110 Å². The average molecular weight is 531 g/mol. The number of rotatable bonds is 9. The maximum Gasteiger partial charge on any atom is 0.254 e. The Morgan fingerprint density at radius 1 is 1.13 bits per heavy atom. The number of carbonyl (C=O) groups is 2. The molecule has 204 valence electrons. The van der Waals surface area contributed by atoms with Crippen molar-refractivity contribution in [3.63, 3.8) is 0 Å². The number of nitrogens with one attached hydrogen (secondary N) is 1. The van der Waals surface area contributed by atoms with Gasteiger partial charge in [-0.2, -0.15) is 15.3 Å². The Morgan fingerprint density at radius 3 is 2.59 bits per heavy atom. The molecule has 1 atom stereocenters. The van der Waals surface area contributed by atoms with E-state index in [1.807, 2.05) is 63.2 Å². The molecule has 2 aliphatic heterocycles. The van der Waals surface area contributed by atoms with Crippen LogP contribution in [0.1, 0.15) is 57.4 Å². The highest BCUT2D eigenvalue weighted by molar-refractivity contribution is 6.21. The molecule has 1 aromatic carbocycles. The molecular weight excluding hydrogens is 496 g/mol. The number of carbonyl (C=O) groups excluding carboxylic acids is 2. The lowest BCUT2D eigenvalue weighted by atomic mass is 9.83. The maximum atomic E-state index is 13.3. The van der Waals surface area contributed by atoms with Gasteiger partial charge in [0.05, 0.1) is 41.8 Å². The lowest BCUT2D eigenvalue weighted by Crippen LogP contribution is -2.35. The number of benzene rings is 1. The van der Waals surface area contributed by atoms with Crippen molar-refractivity contribution in [2.45, 2.75) is 47.0 Å². The summed E-state index contributed by atoms with van der Waals surface area (Å²) >= 11 is 0. The predicted octanol–water partition coefficient (Wildman–Crippen LogP) is 3.81. The number of pyridine rings is 1. The molecule has 0 saturated carbocycles. The summed E-state index contributed by atoms with van der Waals surface area (Å²) in [6, 6.07) is 13.5. The zero-order valence-electron chi connectivity index (χ0n) is 23.0. The number of nitrogens with zero attached hydrogens (tertiary/aromatic N) is 5. The fourth-order valence-corrected chi connectivity index (χ4v) is 5.01. The molecule has 2 aliphatic rings. The van der Waals surface area contributed by atoms with Crippen molar-refractivity contribution in [2.75, 3.05) is 20.3 Å². The molecule has 5 rings (SSSR count). The molecule has 2 amide bonds. The summed E-state index contributed by atoms with van der Waals surface area (Å²) < 4.78 is 13.2. The van der Waals surface area contributed by atoms with Gasteiger partial charge >= 0.3 is 0 Å². The molecule has 0 bridgehead atoms. The van der Waals surface area contributed by atoms with Crippen LogP contribution >= 0.6 is 0 Å².